The fourth-order valence-electron chi connectivity index (χ4n) is 1.53. The fourth-order valence-corrected chi connectivity index (χ4v) is 1.53. The number of ether oxygens (including phenoxy) is 1. The summed E-state index contributed by atoms with van der Waals surface area (Å²) < 4.78 is 5.24. The van der Waals surface area contributed by atoms with Gasteiger partial charge in [0, 0.05) is 19.8 Å². The summed E-state index contributed by atoms with van der Waals surface area (Å²) >= 11 is 0. The van der Waals surface area contributed by atoms with Crippen LogP contribution in [0.4, 0.5) is 0 Å². The number of aliphatic imine (C=N–C) groups is 1. The van der Waals surface area contributed by atoms with Crippen molar-refractivity contribution in [3.63, 3.8) is 0 Å². The second kappa shape index (κ2) is 9.78. The maximum atomic E-state index is 8.72. The molecule has 4 N–H and O–H groups in total. The lowest BCUT2D eigenvalue weighted by atomic mass is 10.1. The molecule has 0 bridgehead atoms. The maximum absolute atomic E-state index is 8.72. The van der Waals surface area contributed by atoms with E-state index in [-0.39, 0.29) is 0 Å². The van der Waals surface area contributed by atoms with Crippen molar-refractivity contribution in [3.8, 4) is 6.07 Å². The number of hydrogen-bond donors (Lipinski definition) is 3. The molecule has 0 heterocycles. The van der Waals surface area contributed by atoms with Crippen LogP contribution in [0.2, 0.25) is 0 Å². The molecule has 0 aliphatic carbocycles. The van der Waals surface area contributed by atoms with Crippen molar-refractivity contribution in [2.24, 2.45) is 10.8 Å². The first-order valence-corrected chi connectivity index (χ1v) is 6.62. The molecular weight excluding hydrogens is 254 g/mol. The fraction of sp³-hybridized carbons (Fsp3) is 0.429. The van der Waals surface area contributed by atoms with Gasteiger partial charge in [-0.2, -0.15) is 5.26 Å². The van der Waals surface area contributed by atoms with E-state index >= 15 is 0 Å². The summed E-state index contributed by atoms with van der Waals surface area (Å²) in [6.45, 7) is 4.67. The summed E-state index contributed by atoms with van der Waals surface area (Å²) in [7, 11) is 0. The highest BCUT2D eigenvalue weighted by Crippen LogP contribution is 2.04. The van der Waals surface area contributed by atoms with E-state index in [2.05, 4.69) is 21.8 Å². The Labute approximate surface area is 119 Å². The highest BCUT2D eigenvalue weighted by atomic mass is 16.5. The molecule has 6 heteroatoms. The number of benzene rings is 1. The minimum absolute atomic E-state index is 0.504. The third kappa shape index (κ3) is 6.18. The van der Waals surface area contributed by atoms with Crippen LogP contribution in [-0.2, 0) is 11.3 Å². The Bertz CT molecular complexity index is 450. The molecule has 0 aliphatic heterocycles. The molecule has 1 aromatic rings. The molecule has 1 rings (SSSR count). The number of hydrazine groups is 1. The van der Waals surface area contributed by atoms with Crippen molar-refractivity contribution in [3.05, 3.63) is 35.4 Å². The summed E-state index contributed by atoms with van der Waals surface area (Å²) in [6.07, 6.45) is 0.894. The quantitative estimate of drug-likeness (QED) is 0.226. The number of nitrogens with zero attached hydrogens (tertiary/aromatic N) is 2. The molecule has 6 nitrogen and oxygen atoms in total. The van der Waals surface area contributed by atoms with E-state index in [0.717, 1.165) is 31.7 Å². The lowest BCUT2D eigenvalue weighted by Gasteiger charge is -2.09. The van der Waals surface area contributed by atoms with Gasteiger partial charge < -0.3 is 10.1 Å². The first-order valence-electron chi connectivity index (χ1n) is 6.62. The van der Waals surface area contributed by atoms with Crippen molar-refractivity contribution in [1.82, 2.24) is 10.7 Å². The number of nitriles is 1. The summed E-state index contributed by atoms with van der Waals surface area (Å²) in [5.74, 6) is 5.95. The lowest BCUT2D eigenvalue weighted by Crippen LogP contribution is -2.42. The first kappa shape index (κ1) is 16.0. The smallest absolute Gasteiger partial charge is 0.206 e. The maximum Gasteiger partial charge on any atom is 0.206 e. The van der Waals surface area contributed by atoms with Crippen molar-refractivity contribution < 1.29 is 4.74 Å². The molecule has 0 radical (unpaired) electrons. The second-order valence-electron chi connectivity index (χ2n) is 4.10. The molecule has 0 atom stereocenters. The van der Waals surface area contributed by atoms with Crippen LogP contribution < -0.4 is 16.6 Å². The minimum Gasteiger partial charge on any atom is -0.382 e. The summed E-state index contributed by atoms with van der Waals surface area (Å²) in [5.41, 5.74) is 4.20. The van der Waals surface area contributed by atoms with Crippen LogP contribution >= 0.6 is 0 Å². The molecule has 0 saturated heterocycles. The van der Waals surface area contributed by atoms with Crippen LogP contribution in [0.5, 0.6) is 0 Å². The second-order valence-corrected chi connectivity index (χ2v) is 4.10. The van der Waals surface area contributed by atoms with Crippen LogP contribution in [0.3, 0.4) is 0 Å². The molecule has 0 saturated carbocycles. The zero-order chi connectivity index (χ0) is 14.6. The van der Waals surface area contributed by atoms with E-state index in [4.69, 9.17) is 15.8 Å². The van der Waals surface area contributed by atoms with Crippen LogP contribution in [0.1, 0.15) is 24.5 Å². The Kier molecular flexibility index (Phi) is 7.80. The Balaban J connectivity index is 2.38. The molecule has 0 unspecified atom stereocenters. The van der Waals surface area contributed by atoms with Gasteiger partial charge in [-0.05, 0) is 31.0 Å². The number of guanidine groups is 1. The van der Waals surface area contributed by atoms with Crippen molar-refractivity contribution in [1.29, 1.82) is 5.26 Å². The van der Waals surface area contributed by atoms with Gasteiger partial charge in [0.25, 0.3) is 0 Å². The highest BCUT2D eigenvalue weighted by molar-refractivity contribution is 5.79. The van der Waals surface area contributed by atoms with Gasteiger partial charge in [-0.25, -0.2) is 10.8 Å². The van der Waals surface area contributed by atoms with Crippen molar-refractivity contribution in [2.45, 2.75) is 19.9 Å². The van der Waals surface area contributed by atoms with E-state index in [9.17, 15) is 0 Å². The number of nitrogens with two attached hydrogens (primary N) is 1. The minimum atomic E-state index is 0.504. The average molecular weight is 275 g/mol. The zero-order valence-electron chi connectivity index (χ0n) is 11.7. The molecule has 0 spiro atoms. The predicted octanol–water partition coefficient (Wildman–Crippen LogP) is 0.894. The standard InChI is InChI=1S/C14H21N5O/c1-2-20-9-3-8-17-14(19-16)18-11-13-6-4-12(10-15)5-7-13/h4-7H,2-3,8-9,11,16H2,1H3,(H2,17,18,19). The average Bonchev–Trinajstić information content (AvgIpc) is 2.50. The molecule has 0 fully saturated rings. The van der Waals surface area contributed by atoms with Gasteiger partial charge in [0.2, 0.25) is 5.96 Å². The van der Waals surface area contributed by atoms with Crippen LogP contribution in [0.15, 0.2) is 29.3 Å². The van der Waals surface area contributed by atoms with E-state index in [1.165, 1.54) is 0 Å². The first-order chi connectivity index (χ1) is 9.80. The monoisotopic (exact) mass is 275 g/mol. The van der Waals surface area contributed by atoms with Gasteiger partial charge >= 0.3 is 0 Å². The Morgan fingerprint density at radius 3 is 2.75 bits per heavy atom. The molecule has 108 valence electrons. The van der Waals surface area contributed by atoms with Crippen molar-refractivity contribution in [2.75, 3.05) is 19.8 Å². The van der Waals surface area contributed by atoms with Crippen molar-refractivity contribution >= 4 is 5.96 Å². The summed E-state index contributed by atoms with van der Waals surface area (Å²) in [6, 6.07) is 9.39. The lowest BCUT2D eigenvalue weighted by molar-refractivity contribution is 0.145. The molecular formula is C14H21N5O. The normalized spacial score (nSPS) is 10.9. The van der Waals surface area contributed by atoms with Gasteiger partial charge in [-0.3, -0.25) is 5.43 Å². The Morgan fingerprint density at radius 1 is 1.40 bits per heavy atom. The molecule has 0 aliphatic rings. The highest BCUT2D eigenvalue weighted by Gasteiger charge is 1.97. The van der Waals surface area contributed by atoms with Gasteiger partial charge in [0.05, 0.1) is 18.2 Å². The molecule has 0 amide bonds. The topological polar surface area (TPSA) is 95.5 Å². The van der Waals surface area contributed by atoms with E-state index < -0.39 is 0 Å². The molecule has 0 aromatic heterocycles. The van der Waals surface area contributed by atoms with Gasteiger partial charge in [0.15, 0.2) is 0 Å². The summed E-state index contributed by atoms with van der Waals surface area (Å²) in [4.78, 5) is 4.33. The predicted molar refractivity (Wildman–Crippen MR) is 78.7 cm³/mol. The van der Waals surface area contributed by atoms with E-state index in [0.29, 0.717) is 18.1 Å². The Hall–Kier alpha value is -2.10. The third-order valence-electron chi connectivity index (χ3n) is 2.60. The zero-order valence-corrected chi connectivity index (χ0v) is 11.7. The van der Waals surface area contributed by atoms with Crippen LogP contribution in [-0.4, -0.2) is 25.7 Å². The number of nitrogens with one attached hydrogen (secondary N) is 2. The van der Waals surface area contributed by atoms with Gasteiger partial charge in [-0.15, -0.1) is 0 Å². The van der Waals surface area contributed by atoms with Gasteiger partial charge in [0.1, 0.15) is 0 Å². The molecule has 20 heavy (non-hydrogen) atoms. The third-order valence-corrected chi connectivity index (χ3v) is 2.60. The van der Waals surface area contributed by atoms with E-state index in [1.54, 1.807) is 12.1 Å². The largest absolute Gasteiger partial charge is 0.382 e. The summed E-state index contributed by atoms with van der Waals surface area (Å²) in [5, 5.41) is 11.8. The van der Waals surface area contributed by atoms with Gasteiger partial charge in [-0.1, -0.05) is 12.1 Å². The Morgan fingerprint density at radius 2 is 2.15 bits per heavy atom. The van der Waals surface area contributed by atoms with E-state index in [1.807, 2.05) is 19.1 Å². The molecule has 1 aromatic carbocycles. The van der Waals surface area contributed by atoms with Crippen LogP contribution in [0.25, 0.3) is 0 Å². The number of rotatable bonds is 7. The SMILES string of the molecule is CCOCCCNC(=NCc1ccc(C#N)cc1)NN. The van der Waals surface area contributed by atoms with Crippen LogP contribution in [0, 0.1) is 11.3 Å². The number of hydrogen-bond acceptors (Lipinski definition) is 4.